The molecule has 9 heteroatoms. The van der Waals surface area contributed by atoms with Crippen LogP contribution in [-0.4, -0.2) is 48.8 Å². The summed E-state index contributed by atoms with van der Waals surface area (Å²) in [6.45, 7) is 4.02. The summed E-state index contributed by atoms with van der Waals surface area (Å²) in [6, 6.07) is 13.0. The summed E-state index contributed by atoms with van der Waals surface area (Å²) in [7, 11) is -3.11. The minimum Gasteiger partial charge on any atom is -0.325 e. The molecule has 2 aromatic rings. The van der Waals surface area contributed by atoms with Crippen molar-refractivity contribution in [2.75, 3.05) is 27.5 Å². The Hall–Kier alpha value is -1.84. The molecule has 6 nitrogen and oxygen atoms in total. The number of fused-ring (bicyclic) bond motifs is 1. The van der Waals surface area contributed by atoms with Crippen LogP contribution in [0.3, 0.4) is 0 Å². The number of aliphatic imine (C=N–C) groups is 1. The van der Waals surface area contributed by atoms with Crippen LogP contribution in [0.2, 0.25) is 0 Å². The number of halogens is 1. The molecular formula is C21H22BrN3O3S2. The number of carbonyl (C=O) groups excluding carboxylic acids is 1. The number of anilines is 2. The van der Waals surface area contributed by atoms with Crippen molar-refractivity contribution in [2.24, 2.45) is 4.99 Å². The fourth-order valence-electron chi connectivity index (χ4n) is 3.75. The highest BCUT2D eigenvalue weighted by molar-refractivity contribution is 9.10. The fraction of sp³-hybridized carbons (Fsp3) is 0.333. The average Bonchev–Trinajstić information content (AvgIpc) is 3.15. The number of hydrogen-bond donors (Lipinski definition) is 1. The Morgan fingerprint density at radius 2 is 1.93 bits per heavy atom. The minimum atomic E-state index is -3.11. The van der Waals surface area contributed by atoms with Gasteiger partial charge >= 0.3 is 0 Å². The summed E-state index contributed by atoms with van der Waals surface area (Å²) in [5.74, 6) is 0.218. The van der Waals surface area contributed by atoms with Crippen molar-refractivity contribution in [3.63, 3.8) is 0 Å². The highest BCUT2D eigenvalue weighted by atomic mass is 79.9. The number of amides is 1. The number of nitrogens with zero attached hydrogens (tertiary/aromatic N) is 2. The van der Waals surface area contributed by atoms with E-state index in [1.807, 2.05) is 55.1 Å². The van der Waals surface area contributed by atoms with Crippen molar-refractivity contribution < 1.29 is 13.2 Å². The molecule has 0 spiro atoms. The number of nitrogens with one attached hydrogen (secondary N) is 1. The van der Waals surface area contributed by atoms with Crippen LogP contribution in [0, 0.1) is 13.8 Å². The molecule has 2 heterocycles. The van der Waals surface area contributed by atoms with Crippen LogP contribution >= 0.6 is 27.7 Å². The first kappa shape index (κ1) is 21.4. The summed E-state index contributed by atoms with van der Waals surface area (Å²) in [5.41, 5.74) is 3.83. The van der Waals surface area contributed by atoms with Gasteiger partial charge in [0.05, 0.1) is 29.3 Å². The Morgan fingerprint density at radius 1 is 1.20 bits per heavy atom. The van der Waals surface area contributed by atoms with Crippen molar-refractivity contribution in [2.45, 2.75) is 25.9 Å². The molecular weight excluding hydrogens is 486 g/mol. The third-order valence-corrected chi connectivity index (χ3v) is 8.39. The summed E-state index contributed by atoms with van der Waals surface area (Å²) in [6.07, 6.45) is 0. The van der Waals surface area contributed by atoms with E-state index < -0.39 is 9.84 Å². The number of carbonyl (C=O) groups is 1. The average molecular weight is 508 g/mol. The zero-order valence-electron chi connectivity index (χ0n) is 16.6. The van der Waals surface area contributed by atoms with Crippen LogP contribution in [0.4, 0.5) is 11.4 Å². The Labute approximate surface area is 189 Å². The van der Waals surface area contributed by atoms with E-state index in [1.54, 1.807) is 0 Å². The van der Waals surface area contributed by atoms with Gasteiger partial charge in [0, 0.05) is 15.8 Å². The molecule has 2 aliphatic rings. The van der Waals surface area contributed by atoms with Gasteiger partial charge in [-0.25, -0.2) is 8.42 Å². The topological polar surface area (TPSA) is 78.8 Å². The molecule has 1 amide bonds. The molecule has 0 saturated carbocycles. The number of thioether (sulfide) groups is 1. The van der Waals surface area contributed by atoms with Crippen molar-refractivity contribution in [1.82, 2.24) is 0 Å². The molecule has 1 fully saturated rings. The van der Waals surface area contributed by atoms with E-state index in [2.05, 4.69) is 27.3 Å². The van der Waals surface area contributed by atoms with Gasteiger partial charge in [0.15, 0.2) is 15.0 Å². The highest BCUT2D eigenvalue weighted by Gasteiger charge is 2.47. The molecule has 0 radical (unpaired) electrons. The molecule has 30 heavy (non-hydrogen) atoms. The van der Waals surface area contributed by atoms with Crippen LogP contribution in [0.1, 0.15) is 11.1 Å². The number of sulfone groups is 1. The molecule has 1 saturated heterocycles. The molecule has 2 aromatic carbocycles. The quantitative estimate of drug-likeness (QED) is 0.680. The Morgan fingerprint density at radius 3 is 2.67 bits per heavy atom. The first-order valence-corrected chi connectivity index (χ1v) is 13.1. The number of amidine groups is 1. The Bertz CT molecular complexity index is 1120. The molecule has 4 rings (SSSR count). The predicted octanol–water partition coefficient (Wildman–Crippen LogP) is 3.78. The first-order chi connectivity index (χ1) is 14.2. The van der Waals surface area contributed by atoms with Crippen LogP contribution in [0.15, 0.2) is 51.9 Å². The number of hydrogen-bond acceptors (Lipinski definition) is 6. The third kappa shape index (κ3) is 4.58. The van der Waals surface area contributed by atoms with Crippen LogP contribution in [0.5, 0.6) is 0 Å². The highest BCUT2D eigenvalue weighted by Crippen LogP contribution is 2.37. The lowest BCUT2D eigenvalue weighted by molar-refractivity contribution is -0.113. The molecule has 158 valence electrons. The molecule has 0 aliphatic carbocycles. The van der Waals surface area contributed by atoms with Gasteiger partial charge < -0.3 is 10.2 Å². The molecule has 2 atom stereocenters. The zero-order valence-corrected chi connectivity index (χ0v) is 19.9. The summed E-state index contributed by atoms with van der Waals surface area (Å²) in [5, 5.41) is 3.59. The van der Waals surface area contributed by atoms with E-state index in [9.17, 15) is 13.2 Å². The maximum atomic E-state index is 12.5. The molecule has 1 N–H and O–H groups in total. The van der Waals surface area contributed by atoms with Crippen LogP contribution < -0.4 is 10.2 Å². The predicted molar refractivity (Wildman–Crippen MR) is 127 cm³/mol. The lowest BCUT2D eigenvalue weighted by atomic mass is 10.1. The van der Waals surface area contributed by atoms with Gasteiger partial charge in [-0.3, -0.25) is 9.79 Å². The van der Waals surface area contributed by atoms with Gasteiger partial charge in [0.2, 0.25) is 5.91 Å². The van der Waals surface area contributed by atoms with E-state index in [1.165, 1.54) is 11.8 Å². The smallest absolute Gasteiger partial charge is 0.234 e. The van der Waals surface area contributed by atoms with E-state index >= 15 is 0 Å². The van der Waals surface area contributed by atoms with Gasteiger partial charge in [-0.1, -0.05) is 39.8 Å². The largest absolute Gasteiger partial charge is 0.325 e. The van der Waals surface area contributed by atoms with E-state index in [-0.39, 0.29) is 35.2 Å². The molecule has 2 aliphatic heterocycles. The zero-order chi connectivity index (χ0) is 21.5. The lowest BCUT2D eigenvalue weighted by Crippen LogP contribution is -2.40. The Kier molecular flexibility index (Phi) is 5.96. The Balaban J connectivity index is 1.53. The van der Waals surface area contributed by atoms with Gasteiger partial charge in [-0.2, -0.15) is 0 Å². The molecule has 2 unspecified atom stereocenters. The van der Waals surface area contributed by atoms with E-state index in [4.69, 9.17) is 4.99 Å². The van der Waals surface area contributed by atoms with Gasteiger partial charge in [0.25, 0.3) is 0 Å². The van der Waals surface area contributed by atoms with Gasteiger partial charge in [0.1, 0.15) is 0 Å². The van der Waals surface area contributed by atoms with Crippen molar-refractivity contribution in [3.8, 4) is 0 Å². The summed E-state index contributed by atoms with van der Waals surface area (Å²) in [4.78, 5) is 19.2. The second-order valence-electron chi connectivity index (χ2n) is 7.63. The lowest BCUT2D eigenvalue weighted by Gasteiger charge is -2.28. The number of rotatable bonds is 4. The normalized spacial score (nSPS) is 22.0. The van der Waals surface area contributed by atoms with Crippen LogP contribution in [-0.2, 0) is 14.6 Å². The first-order valence-electron chi connectivity index (χ1n) is 9.55. The van der Waals surface area contributed by atoms with Gasteiger partial charge in [-0.05, 0) is 55.3 Å². The SMILES string of the molecule is Cc1ccc(C)c(N2C(SCC(=O)Nc3ccc(Br)cc3)=NC3CS(=O)(=O)CC32)c1. The van der Waals surface area contributed by atoms with Crippen molar-refractivity contribution >= 4 is 60.0 Å². The monoisotopic (exact) mass is 507 g/mol. The maximum Gasteiger partial charge on any atom is 0.234 e. The summed E-state index contributed by atoms with van der Waals surface area (Å²) < 4.78 is 25.4. The second kappa shape index (κ2) is 8.36. The van der Waals surface area contributed by atoms with Crippen molar-refractivity contribution in [1.29, 1.82) is 0 Å². The molecule has 0 aromatic heterocycles. The number of benzene rings is 2. The number of aryl methyl sites for hydroxylation is 2. The second-order valence-corrected chi connectivity index (χ2v) is 11.6. The van der Waals surface area contributed by atoms with Gasteiger partial charge in [-0.15, -0.1) is 0 Å². The molecule has 0 bridgehead atoms. The minimum absolute atomic E-state index is 0.0637. The van der Waals surface area contributed by atoms with E-state index in [0.717, 1.165) is 27.0 Å². The summed E-state index contributed by atoms with van der Waals surface area (Å²) >= 11 is 4.73. The van der Waals surface area contributed by atoms with Crippen molar-refractivity contribution in [3.05, 3.63) is 58.1 Å². The maximum absolute atomic E-state index is 12.5. The van der Waals surface area contributed by atoms with Crippen LogP contribution in [0.25, 0.3) is 0 Å². The fourth-order valence-corrected chi connectivity index (χ4v) is 6.78. The standard InChI is InChI=1S/C21H22BrN3O3S2/c1-13-3-4-14(2)18(9-13)25-19-12-30(27,28)11-17(19)24-21(25)29-10-20(26)23-16-7-5-15(22)6-8-16/h3-9,17,19H,10-12H2,1-2H3,(H,23,26). The van der Waals surface area contributed by atoms with E-state index in [0.29, 0.717) is 5.17 Å². The third-order valence-electron chi connectivity index (χ3n) is 5.19.